The Morgan fingerprint density at radius 3 is 1.81 bits per heavy atom. The highest BCUT2D eigenvalue weighted by Crippen LogP contribution is 2.48. The van der Waals surface area contributed by atoms with Gasteiger partial charge in [0, 0.05) is 5.56 Å². The highest BCUT2D eigenvalue weighted by Gasteiger charge is 2.64. The summed E-state index contributed by atoms with van der Waals surface area (Å²) in [5.41, 5.74) is -0.723. The van der Waals surface area contributed by atoms with Crippen LogP contribution in [0.4, 0.5) is 0 Å². The Morgan fingerprint density at radius 2 is 1.33 bits per heavy atom. The molecule has 142 valence electrons. The van der Waals surface area contributed by atoms with E-state index in [9.17, 15) is 9.59 Å². The summed E-state index contributed by atoms with van der Waals surface area (Å²) in [4.78, 5) is 25.8. The minimum absolute atomic E-state index is 0.0981. The molecule has 0 saturated carbocycles. The smallest absolute Gasteiger partial charge is 0.353 e. The number of carbonyl (C=O) groups excluding carboxylic acids is 2. The zero-order valence-electron chi connectivity index (χ0n) is 15.3. The average molecular weight is 370 g/mol. The molecular formula is C21H22O6. The van der Waals surface area contributed by atoms with Gasteiger partial charge >= 0.3 is 11.9 Å². The SMILES string of the molecule is CCOC(=O)C1(C(=O)OCC)OC(c2ccccc2)OC1c1ccccc1. The van der Waals surface area contributed by atoms with E-state index >= 15 is 0 Å². The highest BCUT2D eigenvalue weighted by atomic mass is 16.8. The molecule has 0 bridgehead atoms. The van der Waals surface area contributed by atoms with Gasteiger partial charge in [0.15, 0.2) is 6.29 Å². The third-order valence-corrected chi connectivity index (χ3v) is 4.25. The fourth-order valence-corrected chi connectivity index (χ4v) is 3.05. The molecule has 6 nitrogen and oxygen atoms in total. The molecule has 1 aliphatic rings. The van der Waals surface area contributed by atoms with Crippen molar-refractivity contribution in [2.75, 3.05) is 13.2 Å². The van der Waals surface area contributed by atoms with Gasteiger partial charge in [-0.05, 0) is 19.4 Å². The van der Waals surface area contributed by atoms with E-state index < -0.39 is 29.9 Å². The van der Waals surface area contributed by atoms with Crippen molar-refractivity contribution in [3.05, 3.63) is 71.8 Å². The summed E-state index contributed by atoms with van der Waals surface area (Å²) in [6, 6.07) is 18.1. The van der Waals surface area contributed by atoms with E-state index in [2.05, 4.69) is 0 Å². The van der Waals surface area contributed by atoms with Crippen molar-refractivity contribution in [1.29, 1.82) is 0 Å². The van der Waals surface area contributed by atoms with Gasteiger partial charge < -0.3 is 18.9 Å². The summed E-state index contributed by atoms with van der Waals surface area (Å²) < 4.78 is 22.4. The summed E-state index contributed by atoms with van der Waals surface area (Å²) in [6.07, 6.45) is -1.91. The molecule has 1 aliphatic heterocycles. The van der Waals surface area contributed by atoms with Gasteiger partial charge in [0.25, 0.3) is 5.60 Å². The van der Waals surface area contributed by atoms with Gasteiger partial charge in [-0.3, -0.25) is 0 Å². The largest absolute Gasteiger partial charge is 0.463 e. The number of hydrogen-bond acceptors (Lipinski definition) is 6. The summed E-state index contributed by atoms with van der Waals surface area (Å²) in [5, 5.41) is 0. The second kappa shape index (κ2) is 8.33. The van der Waals surface area contributed by atoms with E-state index in [4.69, 9.17) is 18.9 Å². The van der Waals surface area contributed by atoms with Gasteiger partial charge in [0.2, 0.25) is 0 Å². The molecule has 0 aromatic heterocycles. The number of carbonyl (C=O) groups is 2. The topological polar surface area (TPSA) is 71.1 Å². The first kappa shape index (κ1) is 19.1. The molecule has 2 aromatic rings. The Morgan fingerprint density at radius 1 is 0.852 bits per heavy atom. The van der Waals surface area contributed by atoms with Crippen molar-refractivity contribution in [3.8, 4) is 0 Å². The maximum atomic E-state index is 12.9. The number of ether oxygens (including phenoxy) is 4. The van der Waals surface area contributed by atoms with Crippen LogP contribution in [0.15, 0.2) is 60.7 Å². The zero-order valence-corrected chi connectivity index (χ0v) is 15.3. The van der Waals surface area contributed by atoms with Crippen LogP contribution in [0, 0.1) is 0 Å². The minimum atomic E-state index is -2.03. The molecule has 1 fully saturated rings. The van der Waals surface area contributed by atoms with Gasteiger partial charge in [0.1, 0.15) is 6.10 Å². The summed E-state index contributed by atoms with van der Waals surface area (Å²) >= 11 is 0. The lowest BCUT2D eigenvalue weighted by atomic mass is 9.91. The molecule has 2 aromatic carbocycles. The van der Waals surface area contributed by atoms with Crippen LogP contribution < -0.4 is 0 Å². The molecule has 1 saturated heterocycles. The van der Waals surface area contributed by atoms with Crippen LogP contribution in [0.5, 0.6) is 0 Å². The molecule has 3 rings (SSSR count). The van der Waals surface area contributed by atoms with Crippen LogP contribution in [-0.2, 0) is 28.5 Å². The number of esters is 2. The minimum Gasteiger partial charge on any atom is -0.463 e. The van der Waals surface area contributed by atoms with Crippen LogP contribution in [0.1, 0.15) is 37.4 Å². The van der Waals surface area contributed by atoms with Crippen molar-refractivity contribution in [2.24, 2.45) is 0 Å². The summed E-state index contributed by atoms with van der Waals surface area (Å²) in [7, 11) is 0. The molecule has 0 aliphatic carbocycles. The van der Waals surface area contributed by atoms with E-state index in [-0.39, 0.29) is 13.2 Å². The fourth-order valence-electron chi connectivity index (χ4n) is 3.05. The normalized spacial score (nSPS) is 20.8. The van der Waals surface area contributed by atoms with Gasteiger partial charge in [-0.1, -0.05) is 60.7 Å². The lowest BCUT2D eigenvalue weighted by Crippen LogP contribution is -2.52. The van der Waals surface area contributed by atoms with Gasteiger partial charge in [-0.15, -0.1) is 0 Å². The first-order valence-corrected chi connectivity index (χ1v) is 8.91. The molecule has 0 spiro atoms. The average Bonchev–Trinajstić information content (AvgIpc) is 3.12. The molecule has 27 heavy (non-hydrogen) atoms. The molecule has 0 N–H and O–H groups in total. The lowest BCUT2D eigenvalue weighted by Gasteiger charge is -2.28. The Bertz CT molecular complexity index is 756. The Hall–Kier alpha value is -2.70. The first-order chi connectivity index (χ1) is 13.1. The monoisotopic (exact) mass is 370 g/mol. The first-order valence-electron chi connectivity index (χ1n) is 8.91. The van der Waals surface area contributed by atoms with E-state index in [1.807, 2.05) is 24.3 Å². The quantitative estimate of drug-likeness (QED) is 0.574. The molecule has 2 atom stereocenters. The standard InChI is InChI=1S/C21H22O6/c1-3-24-19(22)21(20(23)25-4-2)17(15-11-7-5-8-12-15)26-18(27-21)16-13-9-6-10-14-16/h5-14,17-18H,3-4H2,1-2H3. The number of hydrogen-bond donors (Lipinski definition) is 0. The van der Waals surface area contributed by atoms with Crippen LogP contribution >= 0.6 is 0 Å². The molecular weight excluding hydrogens is 348 g/mol. The van der Waals surface area contributed by atoms with Crippen molar-refractivity contribution in [2.45, 2.75) is 31.8 Å². The van der Waals surface area contributed by atoms with E-state index in [1.165, 1.54) is 0 Å². The Balaban J connectivity index is 2.09. The Labute approximate surface area is 158 Å². The zero-order chi connectivity index (χ0) is 19.3. The lowest BCUT2D eigenvalue weighted by molar-refractivity contribution is -0.191. The predicted octanol–water partition coefficient (Wildman–Crippen LogP) is 3.34. The van der Waals surface area contributed by atoms with Crippen molar-refractivity contribution in [1.82, 2.24) is 0 Å². The third-order valence-electron chi connectivity index (χ3n) is 4.25. The van der Waals surface area contributed by atoms with Crippen LogP contribution in [0.2, 0.25) is 0 Å². The summed E-state index contributed by atoms with van der Waals surface area (Å²) in [6.45, 7) is 3.53. The van der Waals surface area contributed by atoms with Crippen LogP contribution in [0.25, 0.3) is 0 Å². The van der Waals surface area contributed by atoms with Crippen LogP contribution in [0.3, 0.4) is 0 Å². The summed E-state index contributed by atoms with van der Waals surface area (Å²) in [5.74, 6) is -1.65. The second-order valence-electron chi connectivity index (χ2n) is 5.96. The Kier molecular flexibility index (Phi) is 5.88. The number of benzene rings is 2. The third kappa shape index (κ3) is 3.59. The second-order valence-corrected chi connectivity index (χ2v) is 5.96. The highest BCUT2D eigenvalue weighted by molar-refractivity contribution is 6.05. The van der Waals surface area contributed by atoms with Crippen molar-refractivity contribution < 1.29 is 28.5 Å². The maximum absolute atomic E-state index is 12.9. The van der Waals surface area contributed by atoms with Crippen molar-refractivity contribution >= 4 is 11.9 Å². The molecule has 1 heterocycles. The van der Waals surface area contributed by atoms with E-state index in [0.29, 0.717) is 11.1 Å². The van der Waals surface area contributed by atoms with Crippen molar-refractivity contribution in [3.63, 3.8) is 0 Å². The van der Waals surface area contributed by atoms with Gasteiger partial charge in [-0.25, -0.2) is 9.59 Å². The predicted molar refractivity (Wildman–Crippen MR) is 96.5 cm³/mol. The van der Waals surface area contributed by atoms with E-state index in [0.717, 1.165) is 0 Å². The maximum Gasteiger partial charge on any atom is 0.353 e. The molecule has 0 amide bonds. The number of rotatable bonds is 6. The van der Waals surface area contributed by atoms with Crippen LogP contribution in [-0.4, -0.2) is 30.8 Å². The molecule has 2 unspecified atom stereocenters. The molecule has 6 heteroatoms. The fraction of sp³-hybridized carbons (Fsp3) is 0.333. The van der Waals surface area contributed by atoms with Gasteiger partial charge in [-0.2, -0.15) is 0 Å². The van der Waals surface area contributed by atoms with E-state index in [1.54, 1.807) is 50.2 Å². The molecule has 0 radical (unpaired) electrons. The van der Waals surface area contributed by atoms with Gasteiger partial charge in [0.05, 0.1) is 13.2 Å².